The van der Waals surface area contributed by atoms with Gasteiger partial charge in [-0.25, -0.2) is 4.98 Å². The molecule has 0 fully saturated rings. The fourth-order valence-electron chi connectivity index (χ4n) is 3.61. The third-order valence-electron chi connectivity index (χ3n) is 5.47. The zero-order valence-corrected chi connectivity index (χ0v) is 17.2. The van der Waals surface area contributed by atoms with Crippen LogP contribution in [0.2, 0.25) is 0 Å². The molecule has 1 heterocycles. The van der Waals surface area contributed by atoms with E-state index >= 15 is 0 Å². The van der Waals surface area contributed by atoms with Crippen LogP contribution < -0.4 is 5.56 Å². The fraction of sp³-hybridized carbons (Fsp3) is 0.160. The molecule has 4 aromatic rings. The third kappa shape index (κ3) is 3.39. The van der Waals surface area contributed by atoms with Crippen molar-refractivity contribution in [3.05, 3.63) is 106 Å². The van der Waals surface area contributed by atoms with Gasteiger partial charge in [-0.15, -0.1) is 0 Å². The summed E-state index contributed by atoms with van der Waals surface area (Å²) < 4.78 is 1.61. The second kappa shape index (κ2) is 7.95. The van der Waals surface area contributed by atoms with Gasteiger partial charge in [0.1, 0.15) is 5.82 Å². The maximum atomic E-state index is 13.4. The summed E-state index contributed by atoms with van der Waals surface area (Å²) in [6, 6.07) is 23.8. The number of para-hydroxylation sites is 2. The highest BCUT2D eigenvalue weighted by atomic mass is 16.2. The molecule has 0 aliphatic rings. The minimum Gasteiger partial charge on any atom is -0.332 e. The van der Waals surface area contributed by atoms with Crippen molar-refractivity contribution in [3.8, 4) is 5.69 Å². The van der Waals surface area contributed by atoms with Gasteiger partial charge >= 0.3 is 0 Å². The van der Waals surface area contributed by atoms with Crippen LogP contribution in [0.15, 0.2) is 83.7 Å². The lowest BCUT2D eigenvalue weighted by atomic mass is 10.1. The highest BCUT2D eigenvalue weighted by Gasteiger charge is 2.25. The average Bonchev–Trinajstić information content (AvgIpc) is 2.78. The van der Waals surface area contributed by atoms with E-state index in [2.05, 4.69) is 0 Å². The molecule has 5 nitrogen and oxygen atoms in total. The summed E-state index contributed by atoms with van der Waals surface area (Å²) in [5, 5.41) is 0.546. The molecule has 30 heavy (non-hydrogen) atoms. The first-order chi connectivity index (χ1) is 14.5. The molecule has 1 amide bonds. The molecule has 0 radical (unpaired) electrons. The second-order valence-electron chi connectivity index (χ2n) is 7.37. The first-order valence-corrected chi connectivity index (χ1v) is 9.89. The van der Waals surface area contributed by atoms with E-state index in [0.29, 0.717) is 22.3 Å². The molecule has 0 saturated heterocycles. The maximum absolute atomic E-state index is 13.4. The number of carbonyl (C=O) groups excluding carboxylic acids is 1. The highest BCUT2D eigenvalue weighted by Crippen LogP contribution is 2.23. The van der Waals surface area contributed by atoms with Crippen LogP contribution in [0.3, 0.4) is 0 Å². The minimum absolute atomic E-state index is 0.109. The van der Waals surface area contributed by atoms with Crippen molar-refractivity contribution in [2.75, 3.05) is 7.05 Å². The van der Waals surface area contributed by atoms with Crippen LogP contribution in [0.5, 0.6) is 0 Å². The number of nitrogens with zero attached hydrogens (tertiary/aromatic N) is 3. The standard InChI is InChI=1S/C25H23N3O2/c1-17-11-7-8-14-20(17)24(29)27(3)18(2)23-26-22-16-10-9-15-21(22)25(30)28(23)19-12-5-4-6-13-19/h4-16,18H,1-3H3. The molecule has 1 unspecified atom stereocenters. The normalized spacial score (nSPS) is 12.0. The number of rotatable bonds is 4. The molecule has 5 heteroatoms. The van der Waals surface area contributed by atoms with Gasteiger partial charge in [0.25, 0.3) is 11.5 Å². The summed E-state index contributed by atoms with van der Waals surface area (Å²) in [6.07, 6.45) is 0. The van der Waals surface area contributed by atoms with E-state index in [1.54, 1.807) is 22.6 Å². The number of benzene rings is 3. The molecule has 4 rings (SSSR count). The van der Waals surface area contributed by atoms with Gasteiger partial charge in [-0.1, -0.05) is 48.5 Å². The molecule has 0 saturated carbocycles. The van der Waals surface area contributed by atoms with Crippen LogP contribution in [0, 0.1) is 6.92 Å². The Morgan fingerprint density at radius 2 is 1.57 bits per heavy atom. The fourth-order valence-corrected chi connectivity index (χ4v) is 3.61. The van der Waals surface area contributed by atoms with Crippen molar-refractivity contribution in [2.24, 2.45) is 0 Å². The molecular weight excluding hydrogens is 374 g/mol. The van der Waals surface area contributed by atoms with Crippen LogP contribution in [-0.4, -0.2) is 27.4 Å². The van der Waals surface area contributed by atoms with E-state index in [1.165, 1.54) is 0 Å². The SMILES string of the molecule is Cc1ccccc1C(=O)N(C)C(C)c1nc2ccccc2c(=O)n1-c1ccccc1. The predicted molar refractivity (Wildman–Crippen MR) is 119 cm³/mol. The number of amides is 1. The molecule has 0 bridgehead atoms. The van der Waals surface area contributed by atoms with Gasteiger partial charge in [0, 0.05) is 12.6 Å². The molecule has 1 aromatic heterocycles. The van der Waals surface area contributed by atoms with E-state index in [9.17, 15) is 9.59 Å². The average molecular weight is 397 g/mol. The number of fused-ring (bicyclic) bond motifs is 1. The van der Waals surface area contributed by atoms with E-state index < -0.39 is 6.04 Å². The van der Waals surface area contributed by atoms with Crippen LogP contribution >= 0.6 is 0 Å². The number of carbonyl (C=O) groups is 1. The molecule has 0 N–H and O–H groups in total. The van der Waals surface area contributed by atoms with Crippen LogP contribution in [-0.2, 0) is 0 Å². The minimum atomic E-state index is -0.422. The Balaban J connectivity index is 1.88. The molecular formula is C25H23N3O2. The van der Waals surface area contributed by atoms with E-state index in [1.807, 2.05) is 86.6 Å². The summed E-state index contributed by atoms with van der Waals surface area (Å²) in [5.74, 6) is 0.414. The highest BCUT2D eigenvalue weighted by molar-refractivity contribution is 5.95. The Hall–Kier alpha value is -3.73. The molecule has 0 aliphatic carbocycles. The quantitative estimate of drug-likeness (QED) is 0.508. The maximum Gasteiger partial charge on any atom is 0.266 e. The van der Waals surface area contributed by atoms with Crippen molar-refractivity contribution in [1.82, 2.24) is 14.5 Å². The summed E-state index contributed by atoms with van der Waals surface area (Å²) in [7, 11) is 1.75. The topological polar surface area (TPSA) is 55.2 Å². The monoisotopic (exact) mass is 397 g/mol. The lowest BCUT2D eigenvalue weighted by molar-refractivity contribution is 0.0734. The Bertz CT molecular complexity index is 1280. The summed E-state index contributed by atoms with van der Waals surface area (Å²) in [5.41, 5.74) is 2.74. The van der Waals surface area contributed by atoms with E-state index in [0.717, 1.165) is 11.3 Å². The van der Waals surface area contributed by atoms with Crippen LogP contribution in [0.4, 0.5) is 0 Å². The third-order valence-corrected chi connectivity index (χ3v) is 5.47. The zero-order chi connectivity index (χ0) is 21.3. The Kier molecular flexibility index (Phi) is 5.19. The first-order valence-electron chi connectivity index (χ1n) is 9.89. The largest absolute Gasteiger partial charge is 0.332 e. The number of hydrogen-bond acceptors (Lipinski definition) is 3. The lowest BCUT2D eigenvalue weighted by Gasteiger charge is -2.27. The Morgan fingerprint density at radius 1 is 0.933 bits per heavy atom. The van der Waals surface area contributed by atoms with Crippen molar-refractivity contribution < 1.29 is 4.79 Å². The molecule has 3 aromatic carbocycles. The van der Waals surface area contributed by atoms with Gasteiger partial charge in [-0.05, 0) is 49.7 Å². The van der Waals surface area contributed by atoms with Gasteiger partial charge in [0.2, 0.25) is 0 Å². The molecule has 0 spiro atoms. The predicted octanol–water partition coefficient (Wildman–Crippen LogP) is 4.53. The van der Waals surface area contributed by atoms with Crippen molar-refractivity contribution in [2.45, 2.75) is 19.9 Å². The second-order valence-corrected chi connectivity index (χ2v) is 7.37. The number of hydrogen-bond donors (Lipinski definition) is 0. The summed E-state index contributed by atoms with van der Waals surface area (Å²) in [6.45, 7) is 3.81. The van der Waals surface area contributed by atoms with Gasteiger partial charge in [-0.3, -0.25) is 14.2 Å². The van der Waals surface area contributed by atoms with Crippen LogP contribution in [0.1, 0.15) is 34.7 Å². The molecule has 1 atom stereocenters. The number of aromatic nitrogens is 2. The van der Waals surface area contributed by atoms with Crippen molar-refractivity contribution in [1.29, 1.82) is 0 Å². The summed E-state index contributed by atoms with van der Waals surface area (Å²) in [4.78, 5) is 33.0. The van der Waals surface area contributed by atoms with Gasteiger partial charge in [0.15, 0.2) is 0 Å². The summed E-state index contributed by atoms with van der Waals surface area (Å²) >= 11 is 0. The van der Waals surface area contributed by atoms with E-state index in [4.69, 9.17) is 4.98 Å². The zero-order valence-electron chi connectivity index (χ0n) is 17.2. The van der Waals surface area contributed by atoms with E-state index in [-0.39, 0.29) is 11.5 Å². The first kappa shape index (κ1) is 19.6. The van der Waals surface area contributed by atoms with Gasteiger partial charge < -0.3 is 4.90 Å². The molecule has 150 valence electrons. The van der Waals surface area contributed by atoms with Crippen molar-refractivity contribution >= 4 is 16.8 Å². The lowest BCUT2D eigenvalue weighted by Crippen LogP contribution is -2.35. The van der Waals surface area contributed by atoms with Gasteiger partial charge in [0.05, 0.1) is 22.6 Å². The number of aryl methyl sites for hydroxylation is 1. The Labute approximate surface area is 175 Å². The van der Waals surface area contributed by atoms with Crippen LogP contribution in [0.25, 0.3) is 16.6 Å². The van der Waals surface area contributed by atoms with Crippen molar-refractivity contribution in [3.63, 3.8) is 0 Å². The molecule has 0 aliphatic heterocycles. The smallest absolute Gasteiger partial charge is 0.266 e. The van der Waals surface area contributed by atoms with Gasteiger partial charge in [-0.2, -0.15) is 0 Å². The Morgan fingerprint density at radius 3 is 2.30 bits per heavy atom.